The Bertz CT molecular complexity index is 621. The molecule has 0 saturated heterocycles. The summed E-state index contributed by atoms with van der Waals surface area (Å²) in [6, 6.07) is 3.72. The Morgan fingerprint density at radius 3 is 2.94 bits per heavy atom. The fourth-order valence-electron chi connectivity index (χ4n) is 1.44. The van der Waals surface area contributed by atoms with Crippen LogP contribution >= 0.6 is 0 Å². The van der Waals surface area contributed by atoms with E-state index in [0.717, 1.165) is 16.8 Å². The van der Waals surface area contributed by atoms with Gasteiger partial charge in [-0.15, -0.1) is 0 Å². The molecule has 0 aliphatic rings. The summed E-state index contributed by atoms with van der Waals surface area (Å²) in [4.78, 5) is 25.8. The van der Waals surface area contributed by atoms with Crippen molar-refractivity contribution in [3.8, 4) is 0 Å². The summed E-state index contributed by atoms with van der Waals surface area (Å²) in [5, 5.41) is 8.65. The van der Waals surface area contributed by atoms with Crippen molar-refractivity contribution in [2.75, 3.05) is 0 Å². The standard InChI is InChI=1S/C10H7FN2O3/c11-6-3-8-7(12-4-6)1-2-9(14)13(8)5-10(15)16/h1-4H,5H2,(H,15,16). The molecule has 0 spiro atoms. The maximum absolute atomic E-state index is 13.0. The summed E-state index contributed by atoms with van der Waals surface area (Å²) in [6.07, 6.45) is 1.01. The third kappa shape index (κ3) is 1.77. The fourth-order valence-corrected chi connectivity index (χ4v) is 1.44. The Hall–Kier alpha value is -2.24. The van der Waals surface area contributed by atoms with Crippen LogP contribution in [0.1, 0.15) is 0 Å². The highest BCUT2D eigenvalue weighted by Crippen LogP contribution is 2.10. The predicted octanol–water partition coefficient (Wildman–Crippen LogP) is 0.620. The van der Waals surface area contributed by atoms with Gasteiger partial charge in [0.2, 0.25) is 0 Å². The number of hydrogen-bond donors (Lipinski definition) is 1. The molecule has 82 valence electrons. The largest absolute Gasteiger partial charge is 0.480 e. The van der Waals surface area contributed by atoms with Gasteiger partial charge in [0.15, 0.2) is 0 Å². The zero-order valence-corrected chi connectivity index (χ0v) is 8.05. The lowest BCUT2D eigenvalue weighted by Gasteiger charge is -2.06. The van der Waals surface area contributed by atoms with E-state index in [1.807, 2.05) is 0 Å². The second-order valence-corrected chi connectivity index (χ2v) is 3.21. The van der Waals surface area contributed by atoms with Crippen molar-refractivity contribution >= 4 is 17.0 Å². The highest BCUT2D eigenvalue weighted by Gasteiger charge is 2.08. The minimum absolute atomic E-state index is 0.176. The highest BCUT2D eigenvalue weighted by atomic mass is 19.1. The summed E-state index contributed by atoms with van der Waals surface area (Å²) in [6.45, 7) is -0.513. The van der Waals surface area contributed by atoms with E-state index < -0.39 is 23.9 Å². The first-order chi connectivity index (χ1) is 7.58. The van der Waals surface area contributed by atoms with Crippen molar-refractivity contribution in [3.05, 3.63) is 40.6 Å². The molecule has 0 unspecified atom stereocenters. The topological polar surface area (TPSA) is 72.2 Å². The molecule has 0 radical (unpaired) electrons. The van der Waals surface area contributed by atoms with Crippen LogP contribution in [-0.2, 0) is 11.3 Å². The number of carboxylic acid groups (broad SMARTS) is 1. The molecule has 0 saturated carbocycles. The minimum atomic E-state index is -1.17. The van der Waals surface area contributed by atoms with Gasteiger partial charge in [-0.05, 0) is 6.07 Å². The van der Waals surface area contributed by atoms with E-state index in [-0.39, 0.29) is 5.52 Å². The number of nitrogens with zero attached hydrogens (tertiary/aromatic N) is 2. The third-order valence-electron chi connectivity index (χ3n) is 2.10. The van der Waals surface area contributed by atoms with Gasteiger partial charge in [-0.3, -0.25) is 19.1 Å². The molecule has 2 heterocycles. The Balaban J connectivity index is 2.77. The van der Waals surface area contributed by atoms with E-state index in [1.54, 1.807) is 0 Å². The van der Waals surface area contributed by atoms with Gasteiger partial charge in [0.05, 0.1) is 17.2 Å². The molecule has 2 aromatic heterocycles. The van der Waals surface area contributed by atoms with Crippen LogP contribution < -0.4 is 5.56 Å². The quantitative estimate of drug-likeness (QED) is 0.808. The summed E-state index contributed by atoms with van der Waals surface area (Å²) in [5.74, 6) is -1.78. The summed E-state index contributed by atoms with van der Waals surface area (Å²) in [7, 11) is 0. The zero-order chi connectivity index (χ0) is 11.7. The van der Waals surface area contributed by atoms with E-state index >= 15 is 0 Å². The zero-order valence-electron chi connectivity index (χ0n) is 8.05. The van der Waals surface area contributed by atoms with Crippen LogP contribution in [0.5, 0.6) is 0 Å². The molecule has 5 nitrogen and oxygen atoms in total. The Kier molecular flexibility index (Phi) is 2.40. The first-order valence-corrected chi connectivity index (χ1v) is 4.45. The molecule has 0 amide bonds. The molecule has 2 rings (SSSR count). The van der Waals surface area contributed by atoms with Gasteiger partial charge in [-0.1, -0.05) is 0 Å². The normalized spacial score (nSPS) is 10.6. The molecule has 16 heavy (non-hydrogen) atoms. The second kappa shape index (κ2) is 3.73. The van der Waals surface area contributed by atoms with E-state index in [9.17, 15) is 14.0 Å². The van der Waals surface area contributed by atoms with Crippen molar-refractivity contribution in [1.29, 1.82) is 0 Å². The molecule has 0 aliphatic carbocycles. The third-order valence-corrected chi connectivity index (χ3v) is 2.10. The van der Waals surface area contributed by atoms with Crippen molar-refractivity contribution in [2.24, 2.45) is 0 Å². The number of halogens is 1. The lowest BCUT2D eigenvalue weighted by molar-refractivity contribution is -0.137. The molecule has 0 fully saturated rings. The Morgan fingerprint density at radius 1 is 1.50 bits per heavy atom. The van der Waals surface area contributed by atoms with Crippen LogP contribution in [0, 0.1) is 5.82 Å². The summed E-state index contributed by atoms with van der Waals surface area (Å²) in [5.41, 5.74) is 0.0550. The van der Waals surface area contributed by atoms with E-state index in [1.165, 1.54) is 12.1 Å². The second-order valence-electron chi connectivity index (χ2n) is 3.21. The molecular formula is C10H7FN2O3. The lowest BCUT2D eigenvalue weighted by atomic mass is 10.3. The molecule has 0 atom stereocenters. The SMILES string of the molecule is O=C(O)Cn1c(=O)ccc2ncc(F)cc21. The van der Waals surface area contributed by atoms with Gasteiger partial charge in [0, 0.05) is 12.1 Å². The summed E-state index contributed by atoms with van der Waals surface area (Å²) >= 11 is 0. The van der Waals surface area contributed by atoms with E-state index in [4.69, 9.17) is 5.11 Å². The van der Waals surface area contributed by atoms with Gasteiger partial charge in [0.25, 0.3) is 5.56 Å². The molecule has 0 aromatic carbocycles. The number of pyridine rings is 2. The van der Waals surface area contributed by atoms with Crippen molar-refractivity contribution in [2.45, 2.75) is 6.54 Å². The number of hydrogen-bond acceptors (Lipinski definition) is 3. The average Bonchev–Trinajstić information content (AvgIpc) is 2.22. The van der Waals surface area contributed by atoms with Gasteiger partial charge < -0.3 is 5.11 Å². The fraction of sp³-hybridized carbons (Fsp3) is 0.100. The van der Waals surface area contributed by atoms with Crippen LogP contribution in [0.15, 0.2) is 29.2 Å². The van der Waals surface area contributed by atoms with Gasteiger partial charge >= 0.3 is 5.97 Å². The number of fused-ring (bicyclic) bond motifs is 1. The molecule has 1 N–H and O–H groups in total. The van der Waals surface area contributed by atoms with Crippen LogP contribution in [-0.4, -0.2) is 20.6 Å². The van der Waals surface area contributed by atoms with Gasteiger partial charge in [-0.25, -0.2) is 4.39 Å². The average molecular weight is 222 g/mol. The number of carbonyl (C=O) groups is 1. The van der Waals surface area contributed by atoms with E-state index in [0.29, 0.717) is 5.52 Å². The number of aliphatic carboxylic acids is 1. The predicted molar refractivity (Wildman–Crippen MR) is 53.6 cm³/mol. The van der Waals surface area contributed by atoms with Crippen LogP contribution in [0.3, 0.4) is 0 Å². The Morgan fingerprint density at radius 2 is 2.25 bits per heavy atom. The van der Waals surface area contributed by atoms with Crippen LogP contribution in [0.25, 0.3) is 11.0 Å². The van der Waals surface area contributed by atoms with Gasteiger partial charge in [0.1, 0.15) is 12.4 Å². The number of aromatic nitrogens is 2. The van der Waals surface area contributed by atoms with Crippen molar-refractivity contribution in [1.82, 2.24) is 9.55 Å². The van der Waals surface area contributed by atoms with Crippen LogP contribution in [0.4, 0.5) is 4.39 Å². The first kappa shape index (κ1) is 10.3. The molecule has 6 heteroatoms. The molecule has 0 bridgehead atoms. The molecule has 2 aromatic rings. The smallest absolute Gasteiger partial charge is 0.323 e. The maximum atomic E-state index is 13.0. The monoisotopic (exact) mass is 222 g/mol. The molecule has 0 aliphatic heterocycles. The van der Waals surface area contributed by atoms with Gasteiger partial charge in [-0.2, -0.15) is 0 Å². The van der Waals surface area contributed by atoms with Crippen LogP contribution in [0.2, 0.25) is 0 Å². The summed E-state index contributed by atoms with van der Waals surface area (Å²) < 4.78 is 13.9. The lowest BCUT2D eigenvalue weighted by Crippen LogP contribution is -2.23. The van der Waals surface area contributed by atoms with Crippen molar-refractivity contribution < 1.29 is 14.3 Å². The maximum Gasteiger partial charge on any atom is 0.323 e. The number of rotatable bonds is 2. The Labute approximate surface area is 88.8 Å². The van der Waals surface area contributed by atoms with Crippen molar-refractivity contribution in [3.63, 3.8) is 0 Å². The minimum Gasteiger partial charge on any atom is -0.480 e. The first-order valence-electron chi connectivity index (χ1n) is 4.45. The van der Waals surface area contributed by atoms with E-state index in [2.05, 4.69) is 4.98 Å². The highest BCUT2D eigenvalue weighted by molar-refractivity contribution is 5.76. The number of carboxylic acids is 1. The molecular weight excluding hydrogens is 215 g/mol.